The van der Waals surface area contributed by atoms with Crippen molar-refractivity contribution in [1.82, 2.24) is 15.8 Å². The largest absolute Gasteiger partial charge is 0.459 e. The fraction of sp³-hybridized carbons (Fsp3) is 0.188. The van der Waals surface area contributed by atoms with Gasteiger partial charge in [0.1, 0.15) is 0 Å². The number of furan rings is 1. The van der Waals surface area contributed by atoms with E-state index in [2.05, 4.69) is 32.1 Å². The molecular weight excluding hydrogens is 392 g/mol. The van der Waals surface area contributed by atoms with E-state index in [0.717, 1.165) is 4.47 Å². The van der Waals surface area contributed by atoms with Crippen LogP contribution in [0, 0.1) is 0 Å². The van der Waals surface area contributed by atoms with Crippen molar-refractivity contribution < 1.29 is 18.8 Å². The number of para-hydroxylation sites is 1. The highest BCUT2D eigenvalue weighted by atomic mass is 79.9. The zero-order valence-electron chi connectivity index (χ0n) is 13.4. The topological polar surface area (TPSA) is 104 Å². The number of nitrogens with zero attached hydrogens (tertiary/aromatic N) is 1. The van der Waals surface area contributed by atoms with Crippen molar-refractivity contribution >= 4 is 39.3 Å². The predicted octanol–water partition coefficient (Wildman–Crippen LogP) is 1.37. The highest BCUT2D eigenvalue weighted by Crippen LogP contribution is 2.20. The normalized spacial score (nSPS) is 10.4. The molecule has 2 rings (SSSR count). The van der Waals surface area contributed by atoms with Crippen LogP contribution in [0.1, 0.15) is 10.6 Å². The number of rotatable bonds is 6. The predicted molar refractivity (Wildman–Crippen MR) is 94.6 cm³/mol. The van der Waals surface area contributed by atoms with E-state index in [-0.39, 0.29) is 24.8 Å². The summed E-state index contributed by atoms with van der Waals surface area (Å²) in [5.74, 6) is -1.20. The molecule has 3 N–H and O–H groups in total. The summed E-state index contributed by atoms with van der Waals surface area (Å²) in [6.45, 7) is -0.0529. The molecule has 0 saturated carbocycles. The molecule has 0 atom stereocenters. The summed E-state index contributed by atoms with van der Waals surface area (Å²) in [6.07, 6.45) is 1.36. The van der Waals surface area contributed by atoms with E-state index in [0.29, 0.717) is 5.69 Å². The molecule has 0 unspecified atom stereocenters. The Morgan fingerprint density at radius 2 is 1.76 bits per heavy atom. The Bertz CT molecular complexity index is 748. The van der Waals surface area contributed by atoms with E-state index in [9.17, 15) is 14.4 Å². The second-order valence-electron chi connectivity index (χ2n) is 5.18. The number of hydrogen-bond donors (Lipinski definition) is 3. The van der Waals surface area contributed by atoms with Crippen LogP contribution in [0.5, 0.6) is 0 Å². The molecule has 1 aromatic heterocycles. The molecule has 3 amide bonds. The number of carbonyl (C=O) groups excluding carboxylic acids is 3. The third-order valence-corrected chi connectivity index (χ3v) is 3.73. The molecule has 25 heavy (non-hydrogen) atoms. The Morgan fingerprint density at radius 3 is 2.44 bits per heavy atom. The van der Waals surface area contributed by atoms with Gasteiger partial charge in [-0.3, -0.25) is 30.1 Å². The molecule has 0 aliphatic rings. The number of halogens is 1. The molecule has 0 fully saturated rings. The van der Waals surface area contributed by atoms with Crippen LogP contribution in [0.25, 0.3) is 0 Å². The first kappa shape index (κ1) is 18.7. The van der Waals surface area contributed by atoms with Crippen LogP contribution in [0.3, 0.4) is 0 Å². The van der Waals surface area contributed by atoms with Crippen molar-refractivity contribution in [3.8, 4) is 0 Å². The Labute approximate surface area is 152 Å². The van der Waals surface area contributed by atoms with E-state index < -0.39 is 11.8 Å². The van der Waals surface area contributed by atoms with Crippen LogP contribution in [-0.4, -0.2) is 42.8 Å². The number of anilines is 1. The lowest BCUT2D eigenvalue weighted by Crippen LogP contribution is -2.46. The van der Waals surface area contributed by atoms with E-state index in [1.165, 1.54) is 17.2 Å². The maximum absolute atomic E-state index is 12.0. The minimum absolute atomic E-state index is 0.0148. The summed E-state index contributed by atoms with van der Waals surface area (Å²) in [5, 5.41) is 2.74. The summed E-state index contributed by atoms with van der Waals surface area (Å²) >= 11 is 3.34. The number of likely N-dealkylation sites (N-methyl/N-ethyl adjacent to an activating group) is 1. The summed E-state index contributed by atoms with van der Waals surface area (Å²) in [4.78, 5) is 36.9. The van der Waals surface area contributed by atoms with Crippen LogP contribution >= 0.6 is 15.9 Å². The van der Waals surface area contributed by atoms with E-state index in [4.69, 9.17) is 4.42 Å². The molecular formula is C16H17BrN4O4. The second kappa shape index (κ2) is 9.00. The fourth-order valence-corrected chi connectivity index (χ4v) is 2.32. The van der Waals surface area contributed by atoms with Crippen LogP contribution in [0.2, 0.25) is 0 Å². The summed E-state index contributed by atoms with van der Waals surface area (Å²) in [5.41, 5.74) is 5.13. The lowest BCUT2D eigenvalue weighted by atomic mass is 10.3. The summed E-state index contributed by atoms with van der Waals surface area (Å²) in [6, 6.07) is 10.3. The van der Waals surface area contributed by atoms with Gasteiger partial charge in [-0.2, -0.15) is 0 Å². The van der Waals surface area contributed by atoms with Crippen LogP contribution in [0.15, 0.2) is 51.6 Å². The molecule has 9 heteroatoms. The van der Waals surface area contributed by atoms with Gasteiger partial charge in [-0.15, -0.1) is 0 Å². The third kappa shape index (κ3) is 6.05. The van der Waals surface area contributed by atoms with Gasteiger partial charge in [0.2, 0.25) is 5.91 Å². The molecule has 0 radical (unpaired) electrons. The lowest BCUT2D eigenvalue weighted by molar-refractivity contribution is -0.123. The molecule has 0 aliphatic carbocycles. The standard InChI is InChI=1S/C16H17BrN4O4/c1-21(9-14(22)18-12-6-3-2-5-11(12)17)10-15(23)19-20-16(24)13-7-4-8-25-13/h2-8H,9-10H2,1H3,(H,18,22)(H,19,23)(H,20,24). The molecule has 8 nitrogen and oxygen atoms in total. The summed E-state index contributed by atoms with van der Waals surface area (Å²) < 4.78 is 5.66. The Morgan fingerprint density at radius 1 is 1.04 bits per heavy atom. The first-order valence-corrected chi connectivity index (χ1v) is 8.10. The molecule has 0 saturated heterocycles. The zero-order chi connectivity index (χ0) is 18.2. The average molecular weight is 409 g/mol. The van der Waals surface area contributed by atoms with Crippen molar-refractivity contribution in [1.29, 1.82) is 0 Å². The highest BCUT2D eigenvalue weighted by Gasteiger charge is 2.13. The smallest absolute Gasteiger partial charge is 0.305 e. The van der Waals surface area contributed by atoms with Crippen LogP contribution in [0.4, 0.5) is 5.69 Å². The first-order chi connectivity index (χ1) is 12.0. The maximum atomic E-state index is 12.0. The fourth-order valence-electron chi connectivity index (χ4n) is 1.93. The zero-order valence-corrected chi connectivity index (χ0v) is 15.0. The molecule has 0 aliphatic heterocycles. The second-order valence-corrected chi connectivity index (χ2v) is 6.03. The van der Waals surface area contributed by atoms with Gasteiger partial charge in [0.15, 0.2) is 5.76 Å². The number of nitrogens with one attached hydrogen (secondary N) is 3. The Balaban J connectivity index is 1.72. The van der Waals surface area contributed by atoms with Crippen molar-refractivity contribution in [2.24, 2.45) is 0 Å². The monoisotopic (exact) mass is 408 g/mol. The first-order valence-electron chi connectivity index (χ1n) is 7.31. The number of hydrogen-bond acceptors (Lipinski definition) is 5. The van der Waals surface area contributed by atoms with E-state index in [1.807, 2.05) is 12.1 Å². The highest BCUT2D eigenvalue weighted by molar-refractivity contribution is 9.10. The molecule has 1 aromatic carbocycles. The number of benzene rings is 1. The maximum Gasteiger partial charge on any atom is 0.305 e. The summed E-state index contributed by atoms with van der Waals surface area (Å²) in [7, 11) is 1.62. The van der Waals surface area contributed by atoms with Gasteiger partial charge in [-0.25, -0.2) is 0 Å². The molecule has 0 bridgehead atoms. The molecule has 0 spiro atoms. The SMILES string of the molecule is CN(CC(=O)NNC(=O)c1ccco1)CC(=O)Nc1ccccc1Br. The lowest BCUT2D eigenvalue weighted by Gasteiger charge is -2.16. The number of hydrazine groups is 1. The van der Waals surface area contributed by atoms with E-state index in [1.54, 1.807) is 25.2 Å². The van der Waals surface area contributed by atoms with Gasteiger partial charge < -0.3 is 9.73 Å². The Kier molecular flexibility index (Phi) is 6.72. The van der Waals surface area contributed by atoms with Gasteiger partial charge in [0, 0.05) is 4.47 Å². The quantitative estimate of drug-likeness (QED) is 0.626. The average Bonchev–Trinajstić information content (AvgIpc) is 3.09. The van der Waals surface area contributed by atoms with Gasteiger partial charge in [-0.05, 0) is 47.2 Å². The van der Waals surface area contributed by atoms with E-state index >= 15 is 0 Å². The van der Waals surface area contributed by atoms with Crippen LogP contribution in [-0.2, 0) is 9.59 Å². The minimum Gasteiger partial charge on any atom is -0.459 e. The Hall–Kier alpha value is -2.65. The third-order valence-electron chi connectivity index (χ3n) is 3.04. The van der Waals surface area contributed by atoms with Crippen molar-refractivity contribution in [2.75, 3.05) is 25.5 Å². The van der Waals surface area contributed by atoms with Gasteiger partial charge >= 0.3 is 5.91 Å². The van der Waals surface area contributed by atoms with Crippen molar-refractivity contribution in [2.45, 2.75) is 0 Å². The molecule has 2 aromatic rings. The van der Waals surface area contributed by atoms with Crippen molar-refractivity contribution in [3.63, 3.8) is 0 Å². The van der Waals surface area contributed by atoms with Gasteiger partial charge in [0.05, 0.1) is 25.0 Å². The number of carbonyl (C=O) groups is 3. The molecule has 132 valence electrons. The van der Waals surface area contributed by atoms with Gasteiger partial charge in [-0.1, -0.05) is 12.1 Å². The minimum atomic E-state index is -0.562. The van der Waals surface area contributed by atoms with Crippen molar-refractivity contribution in [3.05, 3.63) is 52.9 Å². The molecule has 1 heterocycles. The number of amides is 3. The van der Waals surface area contributed by atoms with Gasteiger partial charge in [0.25, 0.3) is 5.91 Å². The van der Waals surface area contributed by atoms with Crippen LogP contribution < -0.4 is 16.2 Å².